The van der Waals surface area contributed by atoms with Crippen LogP contribution in [0.25, 0.3) is 0 Å². The van der Waals surface area contributed by atoms with Gasteiger partial charge in [0.1, 0.15) is 5.54 Å². The Morgan fingerprint density at radius 3 is 2.41 bits per heavy atom. The van der Waals surface area contributed by atoms with Crippen LogP contribution in [-0.2, 0) is 4.79 Å². The predicted molar refractivity (Wildman–Crippen MR) is 61.7 cm³/mol. The molecule has 1 aliphatic rings. The monoisotopic (exact) mass is 244 g/mol. The molecule has 3 N–H and O–H groups in total. The molecule has 0 saturated heterocycles. The Morgan fingerprint density at radius 2 is 1.94 bits per heavy atom. The molecule has 6 heteroatoms. The molecule has 0 aromatic rings. The number of urea groups is 1. The minimum Gasteiger partial charge on any atom is -0.480 e. The highest BCUT2D eigenvalue weighted by Crippen LogP contribution is 2.35. The fourth-order valence-corrected chi connectivity index (χ4v) is 1.56. The largest absolute Gasteiger partial charge is 0.480 e. The van der Waals surface area contributed by atoms with Gasteiger partial charge in [0.15, 0.2) is 0 Å². The highest BCUT2D eigenvalue weighted by molar-refractivity contribution is 5.88. The van der Waals surface area contributed by atoms with Crippen LogP contribution in [0.3, 0.4) is 0 Å². The van der Waals surface area contributed by atoms with E-state index < -0.39 is 11.5 Å². The van der Waals surface area contributed by atoms with Gasteiger partial charge in [0.05, 0.1) is 0 Å². The Kier molecular flexibility index (Phi) is 4.74. The van der Waals surface area contributed by atoms with E-state index in [0.29, 0.717) is 19.4 Å². The Labute approximate surface area is 101 Å². The van der Waals surface area contributed by atoms with Gasteiger partial charge in [-0.3, -0.25) is 0 Å². The van der Waals surface area contributed by atoms with Crippen LogP contribution in [0, 0.1) is 0 Å². The lowest BCUT2D eigenvalue weighted by atomic mass is 10.2. The van der Waals surface area contributed by atoms with Crippen molar-refractivity contribution in [3.63, 3.8) is 0 Å². The summed E-state index contributed by atoms with van der Waals surface area (Å²) >= 11 is 0. The van der Waals surface area contributed by atoms with Crippen molar-refractivity contribution in [1.29, 1.82) is 0 Å². The van der Waals surface area contributed by atoms with Gasteiger partial charge in [0.25, 0.3) is 0 Å². The van der Waals surface area contributed by atoms with Gasteiger partial charge in [0.2, 0.25) is 0 Å². The molecule has 1 saturated carbocycles. The summed E-state index contributed by atoms with van der Waals surface area (Å²) in [6.45, 7) is 0.736. The zero-order valence-corrected chi connectivity index (χ0v) is 10.1. The van der Waals surface area contributed by atoms with Crippen molar-refractivity contribution in [2.24, 2.45) is 0 Å². The molecule has 0 radical (unpaired) electrons. The van der Waals surface area contributed by atoms with Crippen molar-refractivity contribution in [1.82, 2.24) is 10.2 Å². The first kappa shape index (κ1) is 13.8. The number of carbonyl (C=O) groups excluding carboxylic acids is 1. The highest BCUT2D eigenvalue weighted by atomic mass is 16.4. The number of aliphatic hydroxyl groups excluding tert-OH is 1. The van der Waals surface area contributed by atoms with Gasteiger partial charge in [-0.15, -0.1) is 0 Å². The van der Waals surface area contributed by atoms with Crippen molar-refractivity contribution >= 4 is 12.0 Å². The standard InChI is InChI=1S/C11H20N2O4/c1-13(7-3-2-4-8-14)10(17)12-11(5-6-11)9(15)16/h14H,2-8H2,1H3,(H,12,17)(H,15,16). The number of carboxylic acids is 1. The molecular weight excluding hydrogens is 224 g/mol. The third kappa shape index (κ3) is 3.89. The van der Waals surface area contributed by atoms with Gasteiger partial charge < -0.3 is 20.4 Å². The van der Waals surface area contributed by atoms with Crippen LogP contribution in [-0.4, -0.2) is 52.9 Å². The molecule has 0 aromatic heterocycles. The van der Waals surface area contributed by atoms with E-state index in [1.807, 2.05) is 0 Å². The number of aliphatic carboxylic acids is 1. The number of aliphatic hydroxyl groups is 1. The number of amides is 2. The van der Waals surface area contributed by atoms with E-state index in [1.165, 1.54) is 4.90 Å². The molecule has 1 aliphatic carbocycles. The summed E-state index contributed by atoms with van der Waals surface area (Å²) in [4.78, 5) is 24.0. The summed E-state index contributed by atoms with van der Waals surface area (Å²) in [6.07, 6.45) is 3.41. The molecule has 1 fully saturated rings. The van der Waals surface area contributed by atoms with Crippen molar-refractivity contribution in [3.05, 3.63) is 0 Å². The quantitative estimate of drug-likeness (QED) is 0.566. The number of rotatable bonds is 7. The summed E-state index contributed by atoms with van der Waals surface area (Å²) < 4.78 is 0. The van der Waals surface area contributed by atoms with Crippen molar-refractivity contribution in [2.45, 2.75) is 37.6 Å². The molecule has 17 heavy (non-hydrogen) atoms. The topological polar surface area (TPSA) is 89.9 Å². The molecule has 0 heterocycles. The van der Waals surface area contributed by atoms with E-state index in [9.17, 15) is 9.59 Å². The van der Waals surface area contributed by atoms with E-state index >= 15 is 0 Å². The molecule has 0 spiro atoms. The Hall–Kier alpha value is -1.30. The van der Waals surface area contributed by atoms with Crippen LogP contribution in [0.4, 0.5) is 4.79 Å². The lowest BCUT2D eigenvalue weighted by Gasteiger charge is -2.20. The fraction of sp³-hybridized carbons (Fsp3) is 0.818. The maximum Gasteiger partial charge on any atom is 0.329 e. The van der Waals surface area contributed by atoms with Gasteiger partial charge in [-0.2, -0.15) is 0 Å². The van der Waals surface area contributed by atoms with E-state index in [1.54, 1.807) is 7.05 Å². The van der Waals surface area contributed by atoms with Crippen molar-refractivity contribution in [2.75, 3.05) is 20.2 Å². The molecule has 0 aliphatic heterocycles. The second-order valence-corrected chi connectivity index (χ2v) is 4.52. The minimum atomic E-state index is -1.02. The second kappa shape index (κ2) is 5.86. The first-order valence-corrected chi connectivity index (χ1v) is 5.89. The van der Waals surface area contributed by atoms with E-state index in [2.05, 4.69) is 5.32 Å². The number of carbonyl (C=O) groups is 2. The van der Waals surface area contributed by atoms with Crippen LogP contribution in [0.15, 0.2) is 0 Å². The molecule has 2 amide bonds. The molecule has 0 aromatic carbocycles. The van der Waals surface area contributed by atoms with E-state index in [0.717, 1.165) is 19.3 Å². The summed E-state index contributed by atoms with van der Waals surface area (Å²) in [5.41, 5.74) is -1.02. The third-order valence-corrected chi connectivity index (χ3v) is 3.00. The highest BCUT2D eigenvalue weighted by Gasteiger charge is 2.52. The molecule has 98 valence electrons. The summed E-state index contributed by atoms with van der Waals surface area (Å²) in [7, 11) is 1.65. The fourth-order valence-electron chi connectivity index (χ4n) is 1.56. The van der Waals surface area contributed by atoms with Gasteiger partial charge in [0, 0.05) is 20.2 Å². The summed E-state index contributed by atoms with van der Waals surface area (Å²) in [5, 5.41) is 20.1. The Balaban J connectivity index is 2.25. The zero-order chi connectivity index (χ0) is 12.9. The normalized spacial score (nSPS) is 16.4. The number of carboxylic acid groups (broad SMARTS) is 1. The first-order chi connectivity index (χ1) is 8.02. The van der Waals surface area contributed by atoms with Crippen molar-refractivity contribution in [3.8, 4) is 0 Å². The van der Waals surface area contributed by atoms with Crippen LogP contribution >= 0.6 is 0 Å². The molecule has 0 unspecified atom stereocenters. The maximum atomic E-state index is 11.7. The number of hydrogen-bond donors (Lipinski definition) is 3. The lowest BCUT2D eigenvalue weighted by molar-refractivity contribution is -0.140. The van der Waals surface area contributed by atoms with Gasteiger partial charge in [-0.1, -0.05) is 0 Å². The summed E-state index contributed by atoms with van der Waals surface area (Å²) in [5.74, 6) is -0.959. The van der Waals surface area contributed by atoms with Crippen LogP contribution in [0.2, 0.25) is 0 Å². The van der Waals surface area contributed by atoms with Gasteiger partial charge >= 0.3 is 12.0 Å². The number of hydrogen-bond acceptors (Lipinski definition) is 3. The Morgan fingerprint density at radius 1 is 1.29 bits per heavy atom. The molecular formula is C11H20N2O4. The molecule has 6 nitrogen and oxygen atoms in total. The second-order valence-electron chi connectivity index (χ2n) is 4.52. The average molecular weight is 244 g/mol. The Bertz CT molecular complexity index is 289. The summed E-state index contributed by atoms with van der Waals surface area (Å²) in [6, 6.07) is -0.339. The SMILES string of the molecule is CN(CCCCCO)C(=O)NC1(C(=O)O)CC1. The third-order valence-electron chi connectivity index (χ3n) is 3.00. The van der Waals surface area contributed by atoms with E-state index in [4.69, 9.17) is 10.2 Å². The van der Waals surface area contributed by atoms with Gasteiger partial charge in [-0.05, 0) is 32.1 Å². The van der Waals surface area contributed by atoms with Crippen LogP contribution < -0.4 is 5.32 Å². The van der Waals surface area contributed by atoms with Gasteiger partial charge in [-0.25, -0.2) is 9.59 Å². The molecule has 0 bridgehead atoms. The molecule has 0 atom stereocenters. The van der Waals surface area contributed by atoms with E-state index in [-0.39, 0.29) is 12.6 Å². The zero-order valence-electron chi connectivity index (χ0n) is 10.1. The maximum absolute atomic E-state index is 11.7. The molecule has 1 rings (SSSR count). The first-order valence-electron chi connectivity index (χ1n) is 5.89. The van der Waals surface area contributed by atoms with Crippen molar-refractivity contribution < 1.29 is 19.8 Å². The van der Waals surface area contributed by atoms with Crippen LogP contribution in [0.1, 0.15) is 32.1 Å². The average Bonchev–Trinajstić information content (AvgIpc) is 3.05. The minimum absolute atomic E-state index is 0.165. The smallest absolute Gasteiger partial charge is 0.329 e. The predicted octanol–water partition coefficient (Wildman–Crippen LogP) is 0.408. The lowest BCUT2D eigenvalue weighted by Crippen LogP contribution is -2.48. The van der Waals surface area contributed by atoms with Crippen LogP contribution in [0.5, 0.6) is 0 Å². The number of unbranched alkanes of at least 4 members (excludes halogenated alkanes) is 2. The number of nitrogens with one attached hydrogen (secondary N) is 1. The number of nitrogens with zero attached hydrogens (tertiary/aromatic N) is 1.